The lowest BCUT2D eigenvalue weighted by Gasteiger charge is -2.13. The molecule has 1 atom stereocenters. The highest BCUT2D eigenvalue weighted by molar-refractivity contribution is 9.10. The van der Waals surface area contributed by atoms with Crippen LogP contribution in [0.2, 0.25) is 0 Å². The fraction of sp³-hybridized carbons (Fsp3) is 0.500. The third kappa shape index (κ3) is 4.45. The SMILES string of the molecule is CCNCc1ccc(Br)cc1SC(C)CO. The van der Waals surface area contributed by atoms with Gasteiger partial charge in [-0.1, -0.05) is 35.8 Å². The smallest absolute Gasteiger partial charge is 0.0550 e. The molecule has 90 valence electrons. The van der Waals surface area contributed by atoms with Gasteiger partial charge >= 0.3 is 0 Å². The first-order valence-corrected chi connectivity index (χ1v) is 7.11. The minimum absolute atomic E-state index is 0.206. The van der Waals surface area contributed by atoms with Gasteiger partial charge in [-0.3, -0.25) is 0 Å². The number of benzene rings is 1. The van der Waals surface area contributed by atoms with Gasteiger partial charge in [0, 0.05) is 21.2 Å². The maximum atomic E-state index is 9.08. The Hall–Kier alpha value is -0.0300. The molecule has 0 saturated heterocycles. The van der Waals surface area contributed by atoms with Crippen molar-refractivity contribution in [3.63, 3.8) is 0 Å². The molecule has 0 aliphatic rings. The first-order valence-electron chi connectivity index (χ1n) is 5.44. The molecule has 0 heterocycles. The van der Waals surface area contributed by atoms with Gasteiger partial charge in [0.25, 0.3) is 0 Å². The van der Waals surface area contributed by atoms with Crippen LogP contribution in [0.3, 0.4) is 0 Å². The van der Waals surface area contributed by atoms with E-state index in [1.165, 1.54) is 10.5 Å². The van der Waals surface area contributed by atoms with Gasteiger partial charge in [-0.05, 0) is 24.2 Å². The van der Waals surface area contributed by atoms with E-state index in [9.17, 15) is 0 Å². The third-order valence-corrected chi connectivity index (χ3v) is 3.86. The van der Waals surface area contributed by atoms with E-state index in [2.05, 4.69) is 46.4 Å². The van der Waals surface area contributed by atoms with E-state index in [0.29, 0.717) is 0 Å². The van der Waals surface area contributed by atoms with Gasteiger partial charge in [0.05, 0.1) is 6.61 Å². The largest absolute Gasteiger partial charge is 0.395 e. The number of nitrogens with one attached hydrogen (secondary N) is 1. The lowest BCUT2D eigenvalue weighted by atomic mass is 10.2. The normalized spacial score (nSPS) is 12.8. The fourth-order valence-electron chi connectivity index (χ4n) is 1.30. The molecule has 2 N–H and O–H groups in total. The molecule has 1 rings (SSSR count). The standard InChI is InChI=1S/C12H18BrNOS/c1-3-14-7-10-4-5-11(13)6-12(10)16-9(2)8-15/h4-6,9,14-15H,3,7-8H2,1-2H3. The van der Waals surface area contributed by atoms with Crippen molar-refractivity contribution in [3.05, 3.63) is 28.2 Å². The lowest BCUT2D eigenvalue weighted by Crippen LogP contribution is -2.13. The molecular weight excluding hydrogens is 286 g/mol. The molecule has 0 bridgehead atoms. The fourth-order valence-corrected chi connectivity index (χ4v) is 2.81. The Morgan fingerprint density at radius 2 is 2.25 bits per heavy atom. The number of aliphatic hydroxyl groups is 1. The molecule has 0 aliphatic carbocycles. The summed E-state index contributed by atoms with van der Waals surface area (Å²) in [6.45, 7) is 6.18. The van der Waals surface area contributed by atoms with Crippen LogP contribution in [-0.2, 0) is 6.54 Å². The molecule has 0 amide bonds. The van der Waals surface area contributed by atoms with Crippen LogP contribution in [0.25, 0.3) is 0 Å². The zero-order chi connectivity index (χ0) is 12.0. The van der Waals surface area contributed by atoms with E-state index in [1.54, 1.807) is 11.8 Å². The molecule has 0 spiro atoms. The Morgan fingerprint density at radius 1 is 1.50 bits per heavy atom. The van der Waals surface area contributed by atoms with Crippen LogP contribution in [0.15, 0.2) is 27.6 Å². The van der Waals surface area contributed by atoms with Crippen molar-refractivity contribution >= 4 is 27.7 Å². The van der Waals surface area contributed by atoms with Crippen LogP contribution < -0.4 is 5.32 Å². The zero-order valence-corrected chi connectivity index (χ0v) is 12.1. The molecule has 1 aromatic carbocycles. The van der Waals surface area contributed by atoms with Gasteiger partial charge in [0.1, 0.15) is 0 Å². The van der Waals surface area contributed by atoms with Crippen LogP contribution in [0.1, 0.15) is 19.4 Å². The molecule has 16 heavy (non-hydrogen) atoms. The predicted molar refractivity (Wildman–Crippen MR) is 73.9 cm³/mol. The van der Waals surface area contributed by atoms with Crippen LogP contribution in [-0.4, -0.2) is 23.5 Å². The van der Waals surface area contributed by atoms with Crippen LogP contribution in [0, 0.1) is 0 Å². The molecule has 2 nitrogen and oxygen atoms in total. The van der Waals surface area contributed by atoms with Gasteiger partial charge < -0.3 is 10.4 Å². The van der Waals surface area contributed by atoms with Crippen LogP contribution >= 0.6 is 27.7 Å². The molecular formula is C12H18BrNOS. The average Bonchev–Trinajstić information content (AvgIpc) is 2.28. The van der Waals surface area contributed by atoms with Gasteiger partial charge in [-0.15, -0.1) is 11.8 Å². The van der Waals surface area contributed by atoms with Crippen LogP contribution in [0.5, 0.6) is 0 Å². The highest BCUT2D eigenvalue weighted by Gasteiger charge is 2.08. The molecule has 4 heteroatoms. The van der Waals surface area contributed by atoms with Crippen LogP contribution in [0.4, 0.5) is 0 Å². The molecule has 1 aromatic rings. The Balaban J connectivity index is 2.80. The van der Waals surface area contributed by atoms with Gasteiger partial charge in [0.2, 0.25) is 0 Å². The summed E-state index contributed by atoms with van der Waals surface area (Å²) in [5.74, 6) is 0. The second-order valence-electron chi connectivity index (χ2n) is 3.64. The van der Waals surface area contributed by atoms with Crippen molar-refractivity contribution in [3.8, 4) is 0 Å². The second kappa shape index (κ2) is 7.33. The minimum Gasteiger partial charge on any atom is -0.395 e. The average molecular weight is 304 g/mol. The van der Waals surface area contributed by atoms with Crippen molar-refractivity contribution in [2.24, 2.45) is 0 Å². The van der Waals surface area contributed by atoms with E-state index in [1.807, 2.05) is 6.92 Å². The van der Waals surface area contributed by atoms with E-state index in [-0.39, 0.29) is 11.9 Å². The summed E-state index contributed by atoms with van der Waals surface area (Å²) >= 11 is 5.19. The summed E-state index contributed by atoms with van der Waals surface area (Å²) in [5.41, 5.74) is 1.29. The number of halogens is 1. The summed E-state index contributed by atoms with van der Waals surface area (Å²) in [5, 5.41) is 12.6. The van der Waals surface area contributed by atoms with E-state index in [0.717, 1.165) is 17.6 Å². The summed E-state index contributed by atoms with van der Waals surface area (Å²) < 4.78 is 1.08. The number of thioether (sulfide) groups is 1. The Bertz CT molecular complexity index is 333. The predicted octanol–water partition coefficient (Wildman–Crippen LogP) is 3.03. The van der Waals surface area contributed by atoms with E-state index >= 15 is 0 Å². The Kier molecular flexibility index (Phi) is 6.43. The van der Waals surface area contributed by atoms with Crippen molar-refractivity contribution in [2.45, 2.75) is 30.5 Å². The Labute approximate surface area is 110 Å². The third-order valence-electron chi connectivity index (χ3n) is 2.18. The topological polar surface area (TPSA) is 32.3 Å². The minimum atomic E-state index is 0.206. The number of aliphatic hydroxyl groups excluding tert-OH is 1. The maximum Gasteiger partial charge on any atom is 0.0550 e. The van der Waals surface area contributed by atoms with Crippen molar-refractivity contribution < 1.29 is 5.11 Å². The monoisotopic (exact) mass is 303 g/mol. The summed E-state index contributed by atoms with van der Waals surface area (Å²) in [6, 6.07) is 6.29. The number of hydrogen-bond acceptors (Lipinski definition) is 3. The summed E-state index contributed by atoms with van der Waals surface area (Å²) in [6.07, 6.45) is 0. The molecule has 0 aromatic heterocycles. The summed E-state index contributed by atoms with van der Waals surface area (Å²) in [4.78, 5) is 1.23. The summed E-state index contributed by atoms with van der Waals surface area (Å²) in [7, 11) is 0. The maximum absolute atomic E-state index is 9.08. The van der Waals surface area contributed by atoms with Crippen molar-refractivity contribution in [2.75, 3.05) is 13.2 Å². The molecule has 0 radical (unpaired) electrons. The first kappa shape index (κ1) is 14.0. The van der Waals surface area contributed by atoms with Crippen molar-refractivity contribution in [1.82, 2.24) is 5.32 Å². The van der Waals surface area contributed by atoms with Gasteiger partial charge in [-0.25, -0.2) is 0 Å². The Morgan fingerprint density at radius 3 is 2.88 bits per heavy atom. The number of hydrogen-bond donors (Lipinski definition) is 2. The van der Waals surface area contributed by atoms with E-state index in [4.69, 9.17) is 5.11 Å². The zero-order valence-electron chi connectivity index (χ0n) is 9.66. The number of rotatable bonds is 6. The quantitative estimate of drug-likeness (QED) is 0.792. The van der Waals surface area contributed by atoms with Gasteiger partial charge in [0.15, 0.2) is 0 Å². The first-order chi connectivity index (χ1) is 7.67. The second-order valence-corrected chi connectivity index (χ2v) is 6.04. The molecule has 0 aliphatic heterocycles. The highest BCUT2D eigenvalue weighted by Crippen LogP contribution is 2.29. The molecule has 0 saturated carbocycles. The molecule has 0 fully saturated rings. The molecule has 1 unspecified atom stereocenters. The van der Waals surface area contributed by atoms with Crippen molar-refractivity contribution in [1.29, 1.82) is 0 Å². The van der Waals surface area contributed by atoms with E-state index < -0.39 is 0 Å². The highest BCUT2D eigenvalue weighted by atomic mass is 79.9. The lowest BCUT2D eigenvalue weighted by molar-refractivity contribution is 0.300. The van der Waals surface area contributed by atoms with Gasteiger partial charge in [-0.2, -0.15) is 0 Å².